The maximum Gasteiger partial charge on any atom is 0.338 e. The highest BCUT2D eigenvalue weighted by atomic mass is 35.5. The molecule has 128 valence electrons. The lowest BCUT2D eigenvalue weighted by atomic mass is 10.1. The Kier molecular flexibility index (Phi) is 5.46. The molecule has 0 N–H and O–H groups in total. The fraction of sp³-hybridized carbons (Fsp3) is 0.158. The van der Waals surface area contributed by atoms with Gasteiger partial charge in [-0.25, -0.2) is 9.78 Å². The highest BCUT2D eigenvalue weighted by Crippen LogP contribution is 2.25. The molecule has 0 aliphatic carbocycles. The van der Waals surface area contributed by atoms with Crippen molar-refractivity contribution in [1.82, 2.24) is 4.98 Å². The van der Waals surface area contributed by atoms with Crippen LogP contribution in [-0.4, -0.2) is 24.3 Å². The van der Waals surface area contributed by atoms with Gasteiger partial charge in [0, 0.05) is 15.8 Å². The van der Waals surface area contributed by atoms with Crippen molar-refractivity contribution in [3.8, 4) is 5.75 Å². The molecular weight excluding hydrogens is 358 g/mol. The number of aromatic nitrogens is 1. The van der Waals surface area contributed by atoms with Crippen molar-refractivity contribution in [1.29, 1.82) is 0 Å². The Morgan fingerprint density at radius 2 is 2.04 bits per heavy atom. The standard InChI is InChI=1S/C19H16ClNO3S/c1-23-15-5-3-4-13(9-15)19(22)24-11-14-8-12-6-7-16(25-2)10-17(12)21-18(14)20/h3-10H,11H2,1-2H3. The summed E-state index contributed by atoms with van der Waals surface area (Å²) in [5, 5.41) is 1.29. The van der Waals surface area contributed by atoms with E-state index in [0.717, 1.165) is 15.8 Å². The van der Waals surface area contributed by atoms with Gasteiger partial charge in [0.2, 0.25) is 0 Å². The van der Waals surface area contributed by atoms with E-state index in [1.165, 1.54) is 0 Å². The number of ether oxygens (including phenoxy) is 2. The van der Waals surface area contributed by atoms with Gasteiger partial charge < -0.3 is 9.47 Å². The topological polar surface area (TPSA) is 48.4 Å². The number of benzene rings is 2. The van der Waals surface area contributed by atoms with Crippen LogP contribution in [0, 0.1) is 0 Å². The van der Waals surface area contributed by atoms with Crippen LogP contribution in [0.4, 0.5) is 0 Å². The van der Waals surface area contributed by atoms with Gasteiger partial charge in [0.25, 0.3) is 0 Å². The monoisotopic (exact) mass is 373 g/mol. The van der Waals surface area contributed by atoms with E-state index in [0.29, 0.717) is 22.0 Å². The van der Waals surface area contributed by atoms with Gasteiger partial charge in [-0.1, -0.05) is 23.7 Å². The maximum absolute atomic E-state index is 12.2. The average Bonchev–Trinajstić information content (AvgIpc) is 2.65. The number of carbonyl (C=O) groups excluding carboxylic acids is 1. The molecule has 0 aliphatic rings. The van der Waals surface area contributed by atoms with E-state index in [2.05, 4.69) is 4.98 Å². The lowest BCUT2D eigenvalue weighted by Crippen LogP contribution is -2.06. The molecule has 0 radical (unpaired) electrons. The molecule has 0 saturated carbocycles. The van der Waals surface area contributed by atoms with Crippen LogP contribution in [0.15, 0.2) is 53.4 Å². The third-order valence-electron chi connectivity index (χ3n) is 3.72. The van der Waals surface area contributed by atoms with Gasteiger partial charge >= 0.3 is 5.97 Å². The molecule has 0 bridgehead atoms. The summed E-state index contributed by atoms with van der Waals surface area (Å²) in [6.45, 7) is 0.0576. The van der Waals surface area contributed by atoms with Crippen molar-refractivity contribution in [2.24, 2.45) is 0 Å². The Bertz CT molecular complexity index is 930. The summed E-state index contributed by atoms with van der Waals surface area (Å²) in [5.41, 5.74) is 1.91. The van der Waals surface area contributed by atoms with E-state index in [4.69, 9.17) is 21.1 Å². The number of nitrogens with zero attached hydrogens (tertiary/aromatic N) is 1. The van der Waals surface area contributed by atoms with Crippen LogP contribution in [0.3, 0.4) is 0 Å². The number of methoxy groups -OCH3 is 1. The Morgan fingerprint density at radius 3 is 2.80 bits per heavy atom. The van der Waals surface area contributed by atoms with Gasteiger partial charge in [-0.15, -0.1) is 11.8 Å². The predicted molar refractivity (Wildman–Crippen MR) is 101 cm³/mol. The van der Waals surface area contributed by atoms with Crippen molar-refractivity contribution >= 4 is 40.2 Å². The third-order valence-corrected chi connectivity index (χ3v) is 4.77. The number of fused-ring (bicyclic) bond motifs is 1. The van der Waals surface area contributed by atoms with Crippen LogP contribution in [0.25, 0.3) is 10.9 Å². The van der Waals surface area contributed by atoms with E-state index >= 15 is 0 Å². The smallest absolute Gasteiger partial charge is 0.338 e. The fourth-order valence-electron chi connectivity index (χ4n) is 2.37. The minimum atomic E-state index is -0.437. The second kappa shape index (κ2) is 7.76. The van der Waals surface area contributed by atoms with Gasteiger partial charge in [-0.2, -0.15) is 0 Å². The number of pyridine rings is 1. The highest BCUT2D eigenvalue weighted by Gasteiger charge is 2.11. The molecule has 0 fully saturated rings. The van der Waals surface area contributed by atoms with Crippen molar-refractivity contribution in [3.63, 3.8) is 0 Å². The van der Waals surface area contributed by atoms with E-state index in [1.807, 2.05) is 30.5 Å². The largest absolute Gasteiger partial charge is 0.497 e. The summed E-state index contributed by atoms with van der Waals surface area (Å²) in [7, 11) is 1.55. The zero-order valence-electron chi connectivity index (χ0n) is 13.8. The van der Waals surface area contributed by atoms with Gasteiger partial charge in [0.05, 0.1) is 18.2 Å². The number of esters is 1. The summed E-state index contributed by atoms with van der Waals surface area (Å²) in [4.78, 5) is 17.7. The summed E-state index contributed by atoms with van der Waals surface area (Å²) >= 11 is 7.89. The summed E-state index contributed by atoms with van der Waals surface area (Å²) in [6, 6.07) is 14.7. The predicted octanol–water partition coefficient (Wildman–Crippen LogP) is 4.98. The molecule has 0 saturated heterocycles. The zero-order valence-corrected chi connectivity index (χ0v) is 15.4. The first-order valence-corrected chi connectivity index (χ1v) is 9.15. The molecule has 3 aromatic rings. The molecule has 3 rings (SSSR count). The van der Waals surface area contributed by atoms with Crippen LogP contribution in [0.2, 0.25) is 5.15 Å². The number of rotatable bonds is 5. The molecule has 6 heteroatoms. The minimum Gasteiger partial charge on any atom is -0.497 e. The molecule has 0 unspecified atom stereocenters. The normalized spacial score (nSPS) is 10.7. The summed E-state index contributed by atoms with van der Waals surface area (Å²) in [5.74, 6) is 0.164. The van der Waals surface area contributed by atoms with E-state index in [9.17, 15) is 4.79 Å². The quantitative estimate of drug-likeness (QED) is 0.359. The van der Waals surface area contributed by atoms with E-state index in [1.54, 1.807) is 43.1 Å². The Morgan fingerprint density at radius 1 is 1.20 bits per heavy atom. The molecule has 0 aliphatic heterocycles. The van der Waals surface area contributed by atoms with Gasteiger partial charge in [0.1, 0.15) is 17.5 Å². The first kappa shape index (κ1) is 17.6. The van der Waals surface area contributed by atoms with Gasteiger partial charge in [-0.3, -0.25) is 0 Å². The minimum absolute atomic E-state index is 0.0576. The molecule has 2 aromatic carbocycles. The van der Waals surface area contributed by atoms with Crippen molar-refractivity contribution < 1.29 is 14.3 Å². The number of thioether (sulfide) groups is 1. The fourth-order valence-corrected chi connectivity index (χ4v) is 3.01. The highest BCUT2D eigenvalue weighted by molar-refractivity contribution is 7.98. The molecule has 1 heterocycles. The average molecular weight is 374 g/mol. The number of halogens is 1. The second-order valence-corrected chi connectivity index (χ2v) is 6.54. The second-order valence-electron chi connectivity index (χ2n) is 5.31. The van der Waals surface area contributed by atoms with Crippen LogP contribution < -0.4 is 4.74 Å². The van der Waals surface area contributed by atoms with E-state index < -0.39 is 5.97 Å². The SMILES string of the molecule is COc1cccc(C(=O)OCc2cc3ccc(SC)cc3nc2Cl)c1. The molecule has 4 nitrogen and oxygen atoms in total. The van der Waals surface area contributed by atoms with Gasteiger partial charge in [0.15, 0.2) is 0 Å². The van der Waals surface area contributed by atoms with Crippen LogP contribution in [0.5, 0.6) is 5.75 Å². The lowest BCUT2D eigenvalue weighted by molar-refractivity contribution is 0.0472. The van der Waals surface area contributed by atoms with Crippen LogP contribution in [0.1, 0.15) is 15.9 Å². The van der Waals surface area contributed by atoms with Gasteiger partial charge in [-0.05, 0) is 42.7 Å². The Balaban J connectivity index is 1.78. The number of carbonyl (C=O) groups is 1. The van der Waals surface area contributed by atoms with Crippen LogP contribution >= 0.6 is 23.4 Å². The molecule has 0 atom stereocenters. The zero-order chi connectivity index (χ0) is 17.8. The molecule has 0 spiro atoms. The van der Waals surface area contributed by atoms with Crippen molar-refractivity contribution in [2.45, 2.75) is 11.5 Å². The third kappa shape index (κ3) is 4.06. The van der Waals surface area contributed by atoms with Crippen molar-refractivity contribution in [3.05, 3.63) is 64.8 Å². The first-order chi connectivity index (χ1) is 12.1. The van der Waals surface area contributed by atoms with E-state index in [-0.39, 0.29) is 6.61 Å². The lowest BCUT2D eigenvalue weighted by Gasteiger charge is -2.09. The Hall–Kier alpha value is -2.24. The number of hydrogen-bond donors (Lipinski definition) is 0. The van der Waals surface area contributed by atoms with Crippen molar-refractivity contribution in [2.75, 3.05) is 13.4 Å². The summed E-state index contributed by atoms with van der Waals surface area (Å²) < 4.78 is 10.5. The number of hydrogen-bond acceptors (Lipinski definition) is 5. The Labute approximate surface area is 155 Å². The molecular formula is C19H16ClNO3S. The maximum atomic E-state index is 12.2. The first-order valence-electron chi connectivity index (χ1n) is 7.55. The summed E-state index contributed by atoms with van der Waals surface area (Å²) in [6.07, 6.45) is 2.01. The molecule has 25 heavy (non-hydrogen) atoms. The molecule has 0 amide bonds. The van der Waals surface area contributed by atoms with Crippen LogP contribution in [-0.2, 0) is 11.3 Å². The molecule has 1 aromatic heterocycles.